The Kier molecular flexibility index (Phi) is 12.1. The standard InChI is InChI=1S/C20H31N5O2.2ClH/c26-20(24-27)9-8-17-13-22-19(14-21-17)23-18-10-12-25(15-18)11-4-7-16-5-2-1-3-6-16;;/h8-9,13-14,16,18,27H,1-7,10-12,15H2,(H,22,23)(H,24,26);2*1H/b9-8+;;/t18-;;/m1../s1. The summed E-state index contributed by atoms with van der Waals surface area (Å²) in [7, 11) is 0. The van der Waals surface area contributed by atoms with Crippen LogP contribution in [0.4, 0.5) is 5.82 Å². The van der Waals surface area contributed by atoms with Crippen LogP contribution in [0.5, 0.6) is 0 Å². The van der Waals surface area contributed by atoms with Crippen molar-refractivity contribution < 1.29 is 10.0 Å². The molecular formula is C20H33Cl2N5O2. The Balaban J connectivity index is 0.00000210. The van der Waals surface area contributed by atoms with Crippen molar-refractivity contribution in [3.63, 3.8) is 0 Å². The van der Waals surface area contributed by atoms with Gasteiger partial charge in [0.05, 0.1) is 18.1 Å². The topological polar surface area (TPSA) is 90.4 Å². The summed E-state index contributed by atoms with van der Waals surface area (Å²) in [5.74, 6) is 1.14. The number of carbonyl (C=O) groups is 1. The van der Waals surface area contributed by atoms with Crippen molar-refractivity contribution in [3.8, 4) is 0 Å². The van der Waals surface area contributed by atoms with Gasteiger partial charge in [0, 0.05) is 25.2 Å². The average molecular weight is 446 g/mol. The second-order valence-corrected chi connectivity index (χ2v) is 7.71. The maximum Gasteiger partial charge on any atom is 0.267 e. The Labute approximate surface area is 185 Å². The fourth-order valence-corrected chi connectivity index (χ4v) is 4.14. The van der Waals surface area contributed by atoms with Gasteiger partial charge in [-0.3, -0.25) is 15.0 Å². The van der Waals surface area contributed by atoms with Crippen molar-refractivity contribution in [3.05, 3.63) is 24.2 Å². The Morgan fingerprint density at radius 3 is 2.66 bits per heavy atom. The van der Waals surface area contributed by atoms with Gasteiger partial charge in [0.2, 0.25) is 0 Å². The second kappa shape index (κ2) is 13.7. The van der Waals surface area contributed by atoms with Crippen LogP contribution in [0.25, 0.3) is 6.08 Å². The molecule has 1 aliphatic carbocycles. The van der Waals surface area contributed by atoms with Crippen LogP contribution >= 0.6 is 24.8 Å². The van der Waals surface area contributed by atoms with Crippen molar-refractivity contribution in [1.82, 2.24) is 20.3 Å². The molecule has 1 saturated heterocycles. The van der Waals surface area contributed by atoms with Crippen molar-refractivity contribution >= 4 is 42.6 Å². The molecule has 3 rings (SSSR count). The molecule has 0 aromatic carbocycles. The van der Waals surface area contributed by atoms with E-state index in [0.717, 1.165) is 31.2 Å². The van der Waals surface area contributed by atoms with E-state index in [-0.39, 0.29) is 24.8 Å². The van der Waals surface area contributed by atoms with Crippen LogP contribution in [0, 0.1) is 5.92 Å². The lowest BCUT2D eigenvalue weighted by molar-refractivity contribution is -0.124. The molecule has 1 aromatic rings. The predicted molar refractivity (Wildman–Crippen MR) is 120 cm³/mol. The van der Waals surface area contributed by atoms with Crippen LogP contribution in [-0.2, 0) is 4.79 Å². The van der Waals surface area contributed by atoms with Gasteiger partial charge in [-0.15, -0.1) is 24.8 Å². The maximum absolute atomic E-state index is 11.0. The van der Waals surface area contributed by atoms with Crippen LogP contribution in [0.1, 0.15) is 57.1 Å². The number of halogens is 2. The minimum Gasteiger partial charge on any atom is -0.365 e. The van der Waals surface area contributed by atoms with Crippen molar-refractivity contribution in [1.29, 1.82) is 0 Å². The molecule has 29 heavy (non-hydrogen) atoms. The van der Waals surface area contributed by atoms with Gasteiger partial charge in [-0.25, -0.2) is 10.5 Å². The van der Waals surface area contributed by atoms with Gasteiger partial charge < -0.3 is 10.2 Å². The number of hydrogen-bond donors (Lipinski definition) is 3. The number of likely N-dealkylation sites (tertiary alicyclic amines) is 1. The van der Waals surface area contributed by atoms with E-state index in [2.05, 4.69) is 20.2 Å². The van der Waals surface area contributed by atoms with E-state index >= 15 is 0 Å². The summed E-state index contributed by atoms with van der Waals surface area (Å²) in [5.41, 5.74) is 2.11. The van der Waals surface area contributed by atoms with Crippen LogP contribution in [-0.4, -0.2) is 51.7 Å². The number of carbonyl (C=O) groups excluding carboxylic acids is 1. The third-order valence-corrected chi connectivity index (χ3v) is 5.62. The zero-order valence-corrected chi connectivity index (χ0v) is 18.4. The minimum atomic E-state index is -0.589. The van der Waals surface area contributed by atoms with E-state index in [9.17, 15) is 4.79 Å². The van der Waals surface area contributed by atoms with E-state index in [1.165, 1.54) is 63.6 Å². The first-order valence-corrected chi connectivity index (χ1v) is 10.2. The third kappa shape index (κ3) is 8.86. The summed E-state index contributed by atoms with van der Waals surface area (Å²) in [6, 6.07) is 0.413. The van der Waals surface area contributed by atoms with Gasteiger partial charge in [-0.2, -0.15) is 0 Å². The highest BCUT2D eigenvalue weighted by Crippen LogP contribution is 2.27. The van der Waals surface area contributed by atoms with E-state index in [1.54, 1.807) is 17.9 Å². The smallest absolute Gasteiger partial charge is 0.267 e. The van der Waals surface area contributed by atoms with Gasteiger partial charge in [0.15, 0.2) is 0 Å². The molecule has 1 aromatic heterocycles. The Morgan fingerprint density at radius 2 is 1.97 bits per heavy atom. The molecule has 0 bridgehead atoms. The molecule has 2 heterocycles. The number of amides is 1. The van der Waals surface area contributed by atoms with Crippen LogP contribution < -0.4 is 10.8 Å². The summed E-state index contributed by atoms with van der Waals surface area (Å²) in [4.78, 5) is 22.1. The largest absolute Gasteiger partial charge is 0.365 e. The molecule has 0 spiro atoms. The summed E-state index contributed by atoms with van der Waals surface area (Å²) >= 11 is 0. The summed E-state index contributed by atoms with van der Waals surface area (Å²) in [6.45, 7) is 3.41. The lowest BCUT2D eigenvalue weighted by Crippen LogP contribution is -2.27. The quantitative estimate of drug-likeness (QED) is 0.321. The van der Waals surface area contributed by atoms with Crippen LogP contribution in [0.15, 0.2) is 18.5 Å². The molecule has 164 valence electrons. The molecule has 1 amide bonds. The highest BCUT2D eigenvalue weighted by atomic mass is 35.5. The number of rotatable bonds is 8. The number of aromatic nitrogens is 2. The molecule has 1 saturated carbocycles. The Bertz CT molecular complexity index is 624. The molecule has 3 N–H and O–H groups in total. The van der Waals surface area contributed by atoms with Gasteiger partial charge in [-0.1, -0.05) is 32.1 Å². The van der Waals surface area contributed by atoms with Gasteiger partial charge in [0.25, 0.3) is 5.91 Å². The highest BCUT2D eigenvalue weighted by Gasteiger charge is 2.22. The normalized spacial score (nSPS) is 20.1. The maximum atomic E-state index is 11.0. The Hall–Kier alpha value is -1.41. The first-order valence-electron chi connectivity index (χ1n) is 10.2. The van der Waals surface area contributed by atoms with Crippen molar-refractivity contribution in [2.45, 2.75) is 57.4 Å². The van der Waals surface area contributed by atoms with Gasteiger partial charge >= 0.3 is 0 Å². The Morgan fingerprint density at radius 1 is 1.17 bits per heavy atom. The molecule has 9 heteroatoms. The molecule has 0 unspecified atom stereocenters. The summed E-state index contributed by atoms with van der Waals surface area (Å²) in [6.07, 6.45) is 17.0. The predicted octanol–water partition coefficient (Wildman–Crippen LogP) is 3.69. The fourth-order valence-electron chi connectivity index (χ4n) is 4.14. The summed E-state index contributed by atoms with van der Waals surface area (Å²) in [5, 5.41) is 11.9. The second-order valence-electron chi connectivity index (χ2n) is 7.71. The van der Waals surface area contributed by atoms with E-state index in [0.29, 0.717) is 11.7 Å². The zero-order chi connectivity index (χ0) is 18.9. The van der Waals surface area contributed by atoms with Crippen LogP contribution in [0.3, 0.4) is 0 Å². The molecule has 1 atom stereocenters. The fraction of sp³-hybridized carbons (Fsp3) is 0.650. The summed E-state index contributed by atoms with van der Waals surface area (Å²) < 4.78 is 0. The van der Waals surface area contributed by atoms with E-state index < -0.39 is 5.91 Å². The average Bonchev–Trinajstić information content (AvgIpc) is 3.15. The van der Waals surface area contributed by atoms with E-state index in [1.807, 2.05) is 0 Å². The van der Waals surface area contributed by atoms with Crippen molar-refractivity contribution in [2.75, 3.05) is 25.0 Å². The minimum absolute atomic E-state index is 0. The van der Waals surface area contributed by atoms with Gasteiger partial charge in [0.1, 0.15) is 5.82 Å². The highest BCUT2D eigenvalue weighted by molar-refractivity contribution is 5.90. The van der Waals surface area contributed by atoms with Crippen molar-refractivity contribution in [2.24, 2.45) is 5.92 Å². The van der Waals surface area contributed by atoms with Gasteiger partial charge in [-0.05, 0) is 37.8 Å². The SMILES string of the molecule is Cl.Cl.O=C(/C=C/c1cnc(N[C@@H]2CCN(CCCC3CCCCC3)C2)cn1)NO. The van der Waals surface area contributed by atoms with Crippen LogP contribution in [0.2, 0.25) is 0 Å². The molecular weight excluding hydrogens is 413 g/mol. The number of hydroxylamine groups is 1. The number of hydrogen-bond acceptors (Lipinski definition) is 6. The third-order valence-electron chi connectivity index (χ3n) is 5.62. The zero-order valence-electron chi connectivity index (χ0n) is 16.8. The molecule has 2 aliphatic rings. The number of nitrogens with one attached hydrogen (secondary N) is 2. The number of nitrogens with zero attached hydrogens (tertiary/aromatic N) is 3. The van der Waals surface area contributed by atoms with E-state index in [4.69, 9.17) is 5.21 Å². The monoisotopic (exact) mass is 445 g/mol. The molecule has 0 radical (unpaired) electrons. The number of anilines is 1. The molecule has 2 fully saturated rings. The first kappa shape index (κ1) is 25.6. The first-order chi connectivity index (χ1) is 13.2. The molecule has 7 nitrogen and oxygen atoms in total. The lowest BCUT2D eigenvalue weighted by atomic mass is 9.86. The molecule has 1 aliphatic heterocycles. The lowest BCUT2D eigenvalue weighted by Gasteiger charge is -2.23.